The zero-order valence-electron chi connectivity index (χ0n) is 15.1. The van der Waals surface area contributed by atoms with E-state index in [1.807, 2.05) is 18.2 Å². The number of thiophene rings is 1. The molecule has 0 unspecified atom stereocenters. The Labute approximate surface area is 161 Å². The summed E-state index contributed by atoms with van der Waals surface area (Å²) in [7, 11) is 1.61. The lowest BCUT2D eigenvalue weighted by atomic mass is 10.1. The minimum absolute atomic E-state index is 0.181. The zero-order chi connectivity index (χ0) is 18.6. The second-order valence-corrected chi connectivity index (χ2v) is 7.44. The molecule has 0 saturated heterocycles. The number of aliphatic hydroxyl groups is 1. The Morgan fingerprint density at radius 3 is 3.11 bits per heavy atom. The average molecular weight is 386 g/mol. The minimum atomic E-state index is -0.669. The van der Waals surface area contributed by atoms with Crippen LogP contribution in [0, 0.1) is 0 Å². The molecule has 2 aromatic heterocycles. The van der Waals surface area contributed by atoms with Gasteiger partial charge in [0.1, 0.15) is 41.2 Å². The summed E-state index contributed by atoms with van der Waals surface area (Å²) in [6, 6.07) is 7.33. The molecule has 1 aliphatic heterocycles. The van der Waals surface area contributed by atoms with Gasteiger partial charge in [0.2, 0.25) is 0 Å². The molecular weight excluding hydrogens is 364 g/mol. The normalized spacial score (nSPS) is 14.6. The number of fused-ring (bicyclic) bond motifs is 3. The molecule has 142 valence electrons. The molecule has 3 N–H and O–H groups in total. The van der Waals surface area contributed by atoms with E-state index < -0.39 is 6.10 Å². The fraction of sp³-hybridized carbons (Fsp3) is 0.368. The summed E-state index contributed by atoms with van der Waals surface area (Å²) in [5, 5.41) is 18.0. The van der Waals surface area contributed by atoms with Crippen LogP contribution in [0.5, 0.6) is 11.5 Å². The van der Waals surface area contributed by atoms with Gasteiger partial charge in [0, 0.05) is 24.0 Å². The molecule has 0 aliphatic carbocycles. The summed E-state index contributed by atoms with van der Waals surface area (Å²) >= 11 is 1.71. The highest BCUT2D eigenvalue weighted by molar-refractivity contribution is 7.18. The number of aromatic nitrogens is 2. The monoisotopic (exact) mass is 386 g/mol. The van der Waals surface area contributed by atoms with Gasteiger partial charge in [-0.1, -0.05) is 6.07 Å². The minimum Gasteiger partial charge on any atom is -0.497 e. The smallest absolute Gasteiger partial charge is 0.138 e. The topological polar surface area (TPSA) is 88.5 Å². The molecular formula is C19H22N4O3S. The van der Waals surface area contributed by atoms with Gasteiger partial charge in [0.15, 0.2) is 0 Å². The molecule has 3 heterocycles. The standard InChI is InChI=1S/C19H22N4O3S/c1-25-13-3-2-4-14(7-13)26-10-12(24)8-21-18-17-15-5-6-20-9-16(15)27-19(17)23-11-22-18/h2-4,7,11-12,20,24H,5-6,8-10H2,1H3,(H,21,22,23)/t12-/m0/s1. The van der Waals surface area contributed by atoms with Gasteiger partial charge in [-0.3, -0.25) is 0 Å². The van der Waals surface area contributed by atoms with Crippen LogP contribution in [0.4, 0.5) is 5.82 Å². The number of hydrogen-bond acceptors (Lipinski definition) is 8. The molecule has 0 fully saturated rings. The van der Waals surface area contributed by atoms with Gasteiger partial charge < -0.3 is 25.2 Å². The van der Waals surface area contributed by atoms with E-state index in [0.29, 0.717) is 12.3 Å². The maximum atomic E-state index is 10.3. The zero-order valence-corrected chi connectivity index (χ0v) is 15.9. The number of benzene rings is 1. The van der Waals surface area contributed by atoms with Crippen molar-refractivity contribution in [1.82, 2.24) is 15.3 Å². The van der Waals surface area contributed by atoms with Crippen LogP contribution >= 0.6 is 11.3 Å². The molecule has 1 atom stereocenters. The highest BCUT2D eigenvalue weighted by atomic mass is 32.1. The Bertz CT molecular complexity index is 930. The third-order valence-electron chi connectivity index (χ3n) is 4.50. The molecule has 0 amide bonds. The number of methoxy groups -OCH3 is 1. The van der Waals surface area contributed by atoms with Crippen LogP contribution in [0.25, 0.3) is 10.2 Å². The van der Waals surface area contributed by atoms with Gasteiger partial charge >= 0.3 is 0 Å². The number of anilines is 1. The van der Waals surface area contributed by atoms with E-state index in [1.165, 1.54) is 10.4 Å². The van der Waals surface area contributed by atoms with Crippen molar-refractivity contribution in [2.75, 3.05) is 32.1 Å². The number of aliphatic hydroxyl groups excluding tert-OH is 1. The van der Waals surface area contributed by atoms with Crippen molar-refractivity contribution in [3.8, 4) is 11.5 Å². The van der Waals surface area contributed by atoms with Gasteiger partial charge in [0.05, 0.1) is 12.5 Å². The van der Waals surface area contributed by atoms with Gasteiger partial charge in [0.25, 0.3) is 0 Å². The first-order valence-electron chi connectivity index (χ1n) is 8.89. The first-order valence-corrected chi connectivity index (χ1v) is 9.71. The molecule has 0 saturated carbocycles. The lowest BCUT2D eigenvalue weighted by Gasteiger charge is -2.16. The van der Waals surface area contributed by atoms with Gasteiger partial charge in [-0.2, -0.15) is 0 Å². The summed E-state index contributed by atoms with van der Waals surface area (Å²) in [6.07, 6.45) is 1.87. The van der Waals surface area contributed by atoms with Crippen molar-refractivity contribution in [3.05, 3.63) is 41.0 Å². The molecule has 0 spiro atoms. The number of ether oxygens (including phenoxy) is 2. The van der Waals surface area contributed by atoms with Crippen LogP contribution < -0.4 is 20.1 Å². The molecule has 3 aromatic rings. The second-order valence-electron chi connectivity index (χ2n) is 6.36. The fourth-order valence-corrected chi connectivity index (χ4v) is 4.31. The third-order valence-corrected chi connectivity index (χ3v) is 5.64. The molecule has 8 heteroatoms. The summed E-state index contributed by atoms with van der Waals surface area (Å²) in [6.45, 7) is 2.37. The lowest BCUT2D eigenvalue weighted by molar-refractivity contribution is 0.117. The van der Waals surface area contributed by atoms with E-state index >= 15 is 0 Å². The van der Waals surface area contributed by atoms with Crippen LogP contribution in [0.1, 0.15) is 10.4 Å². The molecule has 0 bridgehead atoms. The van der Waals surface area contributed by atoms with Crippen molar-refractivity contribution in [2.24, 2.45) is 0 Å². The second kappa shape index (κ2) is 8.08. The summed E-state index contributed by atoms with van der Waals surface area (Å²) in [4.78, 5) is 11.1. The first kappa shape index (κ1) is 18.0. The molecule has 4 rings (SSSR count). The largest absolute Gasteiger partial charge is 0.497 e. The summed E-state index contributed by atoms with van der Waals surface area (Å²) in [5.41, 5.74) is 1.32. The lowest BCUT2D eigenvalue weighted by Crippen LogP contribution is -2.27. The number of hydrogen-bond donors (Lipinski definition) is 3. The molecule has 0 radical (unpaired) electrons. The number of nitrogens with one attached hydrogen (secondary N) is 2. The third kappa shape index (κ3) is 3.97. The fourth-order valence-electron chi connectivity index (χ4n) is 3.15. The van der Waals surface area contributed by atoms with Crippen LogP contribution in [-0.2, 0) is 13.0 Å². The Kier molecular flexibility index (Phi) is 5.38. The van der Waals surface area contributed by atoms with E-state index in [-0.39, 0.29) is 6.61 Å². The molecule has 1 aromatic carbocycles. The number of nitrogens with zero attached hydrogens (tertiary/aromatic N) is 2. The predicted octanol–water partition coefficient (Wildman–Crippen LogP) is 2.20. The Morgan fingerprint density at radius 2 is 2.22 bits per heavy atom. The average Bonchev–Trinajstić information content (AvgIpc) is 3.10. The Balaban J connectivity index is 1.40. The van der Waals surface area contributed by atoms with Crippen molar-refractivity contribution in [1.29, 1.82) is 0 Å². The van der Waals surface area contributed by atoms with E-state index in [2.05, 4.69) is 20.6 Å². The highest BCUT2D eigenvalue weighted by Gasteiger charge is 2.20. The van der Waals surface area contributed by atoms with Crippen molar-refractivity contribution in [3.63, 3.8) is 0 Å². The molecule has 7 nitrogen and oxygen atoms in total. The Morgan fingerprint density at radius 1 is 1.33 bits per heavy atom. The van der Waals surface area contributed by atoms with Crippen molar-refractivity contribution < 1.29 is 14.6 Å². The van der Waals surface area contributed by atoms with Crippen LogP contribution in [0.2, 0.25) is 0 Å². The van der Waals surface area contributed by atoms with Crippen LogP contribution in [-0.4, -0.2) is 48.0 Å². The van der Waals surface area contributed by atoms with Gasteiger partial charge in [-0.25, -0.2) is 9.97 Å². The van der Waals surface area contributed by atoms with Gasteiger partial charge in [-0.15, -0.1) is 11.3 Å². The van der Waals surface area contributed by atoms with Crippen molar-refractivity contribution in [2.45, 2.75) is 19.1 Å². The first-order chi connectivity index (χ1) is 13.2. The van der Waals surface area contributed by atoms with E-state index in [9.17, 15) is 5.11 Å². The van der Waals surface area contributed by atoms with Crippen LogP contribution in [0.3, 0.4) is 0 Å². The van der Waals surface area contributed by atoms with Crippen molar-refractivity contribution >= 4 is 27.4 Å². The SMILES string of the molecule is COc1cccc(OC[C@@H](O)CNc2ncnc3sc4c(c23)CCNC4)c1. The molecule has 1 aliphatic rings. The van der Waals surface area contributed by atoms with Gasteiger partial charge in [-0.05, 0) is 30.7 Å². The summed E-state index contributed by atoms with van der Waals surface area (Å²) in [5.74, 6) is 2.16. The maximum Gasteiger partial charge on any atom is 0.138 e. The van der Waals surface area contributed by atoms with Crippen LogP contribution in [0.15, 0.2) is 30.6 Å². The van der Waals surface area contributed by atoms with E-state index in [0.717, 1.165) is 41.3 Å². The van der Waals surface area contributed by atoms with E-state index in [4.69, 9.17) is 9.47 Å². The predicted molar refractivity (Wildman–Crippen MR) is 106 cm³/mol. The highest BCUT2D eigenvalue weighted by Crippen LogP contribution is 2.35. The maximum absolute atomic E-state index is 10.3. The molecule has 27 heavy (non-hydrogen) atoms. The number of rotatable bonds is 7. The Hall–Kier alpha value is -2.42. The summed E-state index contributed by atoms with van der Waals surface area (Å²) < 4.78 is 10.8. The van der Waals surface area contributed by atoms with E-state index in [1.54, 1.807) is 30.8 Å². The quantitative estimate of drug-likeness (QED) is 0.574.